The van der Waals surface area contributed by atoms with Gasteiger partial charge in [-0.3, -0.25) is 0 Å². The molecule has 1 N–H and O–H groups in total. The number of fused-ring (bicyclic) bond motifs is 1. The average molecular weight is 218 g/mol. The molecule has 1 aromatic heterocycles. The van der Waals surface area contributed by atoms with Crippen LogP contribution in [0.15, 0.2) is 40.5 Å². The predicted octanol–water partition coefficient (Wildman–Crippen LogP) is 2.76. The highest BCUT2D eigenvalue weighted by atomic mass is 32.2. The van der Waals surface area contributed by atoms with Gasteiger partial charge in [0, 0.05) is 10.9 Å². The summed E-state index contributed by atoms with van der Waals surface area (Å²) in [5, 5.41) is 13.5. The molecule has 1 aromatic carbocycles. The molecule has 4 heteroatoms. The van der Waals surface area contributed by atoms with Gasteiger partial charge in [-0.15, -0.1) is 11.8 Å². The third kappa shape index (κ3) is 1.94. The van der Waals surface area contributed by atoms with E-state index in [9.17, 15) is 0 Å². The largest absolute Gasteiger partial charge is 0.411 e. The normalized spacial score (nSPS) is 11.3. The molecule has 0 spiro atoms. The molecule has 0 aliphatic heterocycles. The minimum absolute atomic E-state index is 0.837. The van der Waals surface area contributed by atoms with Gasteiger partial charge in [0.1, 0.15) is 5.03 Å². The van der Waals surface area contributed by atoms with Crippen molar-refractivity contribution in [2.45, 2.75) is 5.03 Å². The van der Waals surface area contributed by atoms with E-state index in [1.807, 2.05) is 36.6 Å². The van der Waals surface area contributed by atoms with E-state index in [4.69, 9.17) is 5.21 Å². The van der Waals surface area contributed by atoms with Crippen LogP contribution in [-0.2, 0) is 0 Å². The molecule has 0 unspecified atom stereocenters. The van der Waals surface area contributed by atoms with Crippen LogP contribution in [0.3, 0.4) is 0 Å². The minimum Gasteiger partial charge on any atom is -0.411 e. The SMILES string of the molecule is CSc1nc2ccccc2cc1/C=N/O. The van der Waals surface area contributed by atoms with Crippen LogP contribution in [0.4, 0.5) is 0 Å². The van der Waals surface area contributed by atoms with Crippen molar-refractivity contribution in [3.05, 3.63) is 35.9 Å². The van der Waals surface area contributed by atoms with Crippen LogP contribution in [-0.4, -0.2) is 22.7 Å². The fourth-order valence-electron chi connectivity index (χ4n) is 1.43. The van der Waals surface area contributed by atoms with Gasteiger partial charge in [-0.2, -0.15) is 0 Å². The molecule has 1 heterocycles. The number of nitrogens with zero attached hydrogens (tertiary/aromatic N) is 2. The molecule has 0 bridgehead atoms. The smallest absolute Gasteiger partial charge is 0.105 e. The third-order valence-corrected chi connectivity index (χ3v) is 2.82. The van der Waals surface area contributed by atoms with Crippen molar-refractivity contribution in [1.29, 1.82) is 0 Å². The summed E-state index contributed by atoms with van der Waals surface area (Å²) in [7, 11) is 0. The average Bonchev–Trinajstić information content (AvgIpc) is 2.28. The standard InChI is InChI=1S/C11H10N2OS/c1-15-11-9(7-12-14)6-8-4-2-3-5-10(8)13-11/h2-7,14H,1H3/b12-7+. The Hall–Kier alpha value is -1.55. The topological polar surface area (TPSA) is 45.5 Å². The fraction of sp³-hybridized carbons (Fsp3) is 0.0909. The zero-order valence-corrected chi connectivity index (χ0v) is 9.03. The molecule has 76 valence electrons. The molecular weight excluding hydrogens is 208 g/mol. The number of para-hydroxylation sites is 1. The summed E-state index contributed by atoms with van der Waals surface area (Å²) in [6.45, 7) is 0. The first-order chi connectivity index (χ1) is 7.35. The van der Waals surface area contributed by atoms with E-state index < -0.39 is 0 Å². The Morgan fingerprint density at radius 2 is 2.20 bits per heavy atom. The molecule has 0 saturated carbocycles. The third-order valence-electron chi connectivity index (χ3n) is 2.11. The van der Waals surface area contributed by atoms with Crippen LogP contribution in [0.25, 0.3) is 10.9 Å². The number of oxime groups is 1. The van der Waals surface area contributed by atoms with Gasteiger partial charge in [0.2, 0.25) is 0 Å². The molecule has 2 rings (SSSR count). The summed E-state index contributed by atoms with van der Waals surface area (Å²) in [6.07, 6.45) is 3.36. The van der Waals surface area contributed by atoms with Gasteiger partial charge in [-0.25, -0.2) is 4.98 Å². The van der Waals surface area contributed by atoms with E-state index >= 15 is 0 Å². The summed E-state index contributed by atoms with van der Waals surface area (Å²) < 4.78 is 0. The molecule has 3 nitrogen and oxygen atoms in total. The number of rotatable bonds is 2. The minimum atomic E-state index is 0.837. The lowest BCUT2D eigenvalue weighted by Gasteiger charge is -2.03. The van der Waals surface area contributed by atoms with E-state index in [0.29, 0.717) is 0 Å². The maximum atomic E-state index is 8.54. The van der Waals surface area contributed by atoms with Crippen LogP contribution < -0.4 is 0 Å². The highest BCUT2D eigenvalue weighted by molar-refractivity contribution is 7.98. The first-order valence-electron chi connectivity index (χ1n) is 4.46. The molecule has 15 heavy (non-hydrogen) atoms. The van der Waals surface area contributed by atoms with Crippen molar-refractivity contribution in [2.75, 3.05) is 6.26 Å². The van der Waals surface area contributed by atoms with Crippen LogP contribution in [0.5, 0.6) is 0 Å². The van der Waals surface area contributed by atoms with Crippen LogP contribution in [0.2, 0.25) is 0 Å². The highest BCUT2D eigenvalue weighted by Crippen LogP contribution is 2.21. The summed E-state index contributed by atoms with van der Waals surface area (Å²) in [6, 6.07) is 9.84. The Bertz CT molecular complexity index is 511. The number of benzene rings is 1. The van der Waals surface area contributed by atoms with Crippen molar-refractivity contribution >= 4 is 28.9 Å². The van der Waals surface area contributed by atoms with Crippen molar-refractivity contribution in [2.24, 2.45) is 5.16 Å². The van der Waals surface area contributed by atoms with Crippen LogP contribution in [0.1, 0.15) is 5.56 Å². The summed E-state index contributed by atoms with van der Waals surface area (Å²) >= 11 is 1.54. The van der Waals surface area contributed by atoms with Crippen molar-refractivity contribution in [3.63, 3.8) is 0 Å². The Morgan fingerprint density at radius 1 is 1.40 bits per heavy atom. The fourth-order valence-corrected chi connectivity index (χ4v) is 1.97. The van der Waals surface area contributed by atoms with Gasteiger partial charge < -0.3 is 5.21 Å². The van der Waals surface area contributed by atoms with Gasteiger partial charge in [0.15, 0.2) is 0 Å². The molecule has 2 aromatic rings. The monoisotopic (exact) mass is 218 g/mol. The van der Waals surface area contributed by atoms with Gasteiger partial charge in [-0.05, 0) is 18.4 Å². The van der Waals surface area contributed by atoms with Crippen molar-refractivity contribution < 1.29 is 5.21 Å². The number of aromatic nitrogens is 1. The summed E-state index contributed by atoms with van der Waals surface area (Å²) in [4.78, 5) is 4.47. The lowest BCUT2D eigenvalue weighted by atomic mass is 10.2. The number of pyridine rings is 1. The van der Waals surface area contributed by atoms with Crippen molar-refractivity contribution in [1.82, 2.24) is 4.98 Å². The first-order valence-corrected chi connectivity index (χ1v) is 5.69. The Labute approximate surface area is 91.8 Å². The van der Waals surface area contributed by atoms with E-state index in [2.05, 4.69) is 10.1 Å². The van der Waals surface area contributed by atoms with Gasteiger partial charge >= 0.3 is 0 Å². The molecule has 0 atom stereocenters. The predicted molar refractivity (Wildman–Crippen MR) is 62.9 cm³/mol. The second-order valence-corrected chi connectivity index (χ2v) is 3.82. The van der Waals surface area contributed by atoms with Gasteiger partial charge in [0.05, 0.1) is 11.7 Å². The van der Waals surface area contributed by atoms with Gasteiger partial charge in [-0.1, -0.05) is 23.4 Å². The molecular formula is C11H10N2OS. The second-order valence-electron chi connectivity index (χ2n) is 3.02. The molecule has 0 aliphatic rings. The van der Waals surface area contributed by atoms with Crippen molar-refractivity contribution in [3.8, 4) is 0 Å². The Balaban J connectivity index is 2.69. The van der Waals surface area contributed by atoms with E-state index in [0.717, 1.165) is 21.5 Å². The number of thioether (sulfide) groups is 1. The quantitative estimate of drug-likeness (QED) is 0.365. The van der Waals surface area contributed by atoms with E-state index in [1.165, 1.54) is 18.0 Å². The van der Waals surface area contributed by atoms with E-state index in [-0.39, 0.29) is 0 Å². The van der Waals surface area contributed by atoms with Crippen LogP contribution in [0, 0.1) is 0 Å². The maximum absolute atomic E-state index is 8.54. The number of hydrogen-bond donors (Lipinski definition) is 1. The Morgan fingerprint density at radius 3 is 2.93 bits per heavy atom. The number of hydrogen-bond acceptors (Lipinski definition) is 4. The lowest BCUT2D eigenvalue weighted by molar-refractivity contribution is 0.321. The van der Waals surface area contributed by atoms with Gasteiger partial charge in [0.25, 0.3) is 0 Å². The highest BCUT2D eigenvalue weighted by Gasteiger charge is 2.03. The molecule has 0 amide bonds. The zero-order chi connectivity index (χ0) is 10.7. The zero-order valence-electron chi connectivity index (χ0n) is 8.21. The molecule has 0 aliphatic carbocycles. The Kier molecular flexibility index (Phi) is 2.87. The maximum Gasteiger partial charge on any atom is 0.105 e. The molecule has 0 radical (unpaired) electrons. The van der Waals surface area contributed by atoms with E-state index in [1.54, 1.807) is 0 Å². The lowest BCUT2D eigenvalue weighted by Crippen LogP contribution is -1.91. The first kappa shape index (κ1) is 9.98. The summed E-state index contributed by atoms with van der Waals surface area (Å²) in [5.41, 5.74) is 1.79. The van der Waals surface area contributed by atoms with Crippen LogP contribution >= 0.6 is 11.8 Å². The molecule has 0 saturated heterocycles. The second kappa shape index (κ2) is 4.31. The summed E-state index contributed by atoms with van der Waals surface area (Å²) in [5.74, 6) is 0. The molecule has 0 fully saturated rings.